The van der Waals surface area contributed by atoms with Gasteiger partial charge in [-0.1, -0.05) is 29.8 Å². The molecule has 0 saturated carbocycles. The minimum absolute atomic E-state index is 0.248. The van der Waals surface area contributed by atoms with Crippen LogP contribution in [-0.4, -0.2) is 9.78 Å². The highest BCUT2D eigenvalue weighted by Crippen LogP contribution is 2.24. The molecule has 0 saturated heterocycles. The van der Waals surface area contributed by atoms with E-state index in [0.29, 0.717) is 11.6 Å². The Kier molecular flexibility index (Phi) is 3.05. The van der Waals surface area contributed by atoms with E-state index >= 15 is 0 Å². The maximum atomic E-state index is 6.17. The second kappa shape index (κ2) is 4.72. The highest BCUT2D eigenvalue weighted by Gasteiger charge is 2.14. The first kappa shape index (κ1) is 12.3. The van der Waals surface area contributed by atoms with E-state index in [1.165, 1.54) is 0 Å². The van der Waals surface area contributed by atoms with Crippen molar-refractivity contribution in [2.75, 3.05) is 0 Å². The van der Waals surface area contributed by atoms with Crippen molar-refractivity contribution in [2.24, 2.45) is 5.73 Å². The Bertz CT molecular complexity index is 683. The van der Waals surface area contributed by atoms with E-state index in [2.05, 4.69) is 5.10 Å². The summed E-state index contributed by atoms with van der Waals surface area (Å²) in [5, 5.41) is 5.91. The molecule has 5 heteroatoms. The number of hydrogen-bond donors (Lipinski definition) is 1. The fraction of sp³-hybridized carbons (Fsp3) is 0.214. The molecule has 0 radical (unpaired) electrons. The molecule has 1 unspecified atom stereocenters. The molecule has 1 aromatic carbocycles. The van der Waals surface area contributed by atoms with Crippen LogP contribution in [0.1, 0.15) is 17.5 Å². The summed E-state index contributed by atoms with van der Waals surface area (Å²) in [6.07, 6.45) is 1.63. The van der Waals surface area contributed by atoms with E-state index in [1.54, 1.807) is 10.9 Å². The molecule has 0 aliphatic heterocycles. The van der Waals surface area contributed by atoms with Crippen molar-refractivity contribution in [1.82, 2.24) is 9.78 Å². The molecule has 0 aliphatic rings. The zero-order valence-corrected chi connectivity index (χ0v) is 11.3. The zero-order valence-electron chi connectivity index (χ0n) is 10.5. The molecular formula is C14H14ClN3O. The Labute approximate surface area is 115 Å². The number of hydrogen-bond acceptors (Lipinski definition) is 3. The smallest absolute Gasteiger partial charge is 0.134 e. The third-order valence-corrected chi connectivity index (χ3v) is 3.59. The van der Waals surface area contributed by atoms with Gasteiger partial charge in [0.05, 0.1) is 29.5 Å². The van der Waals surface area contributed by atoms with Crippen LogP contribution in [0.2, 0.25) is 5.02 Å². The first-order chi connectivity index (χ1) is 9.15. The van der Waals surface area contributed by atoms with Crippen LogP contribution < -0.4 is 5.73 Å². The molecule has 3 aromatic rings. The SMILES string of the molecule is Cc1c(Cl)cnn1CC(N)c1cc2ccccc2o1. The number of rotatable bonds is 3. The summed E-state index contributed by atoms with van der Waals surface area (Å²) in [4.78, 5) is 0. The average molecular weight is 276 g/mol. The van der Waals surface area contributed by atoms with Gasteiger partial charge in [-0.2, -0.15) is 5.10 Å². The lowest BCUT2D eigenvalue weighted by molar-refractivity contribution is 0.434. The van der Waals surface area contributed by atoms with Crippen LogP contribution in [0.5, 0.6) is 0 Å². The Morgan fingerprint density at radius 1 is 1.42 bits per heavy atom. The largest absolute Gasteiger partial charge is 0.459 e. The van der Waals surface area contributed by atoms with Crippen LogP contribution in [0.15, 0.2) is 40.9 Å². The summed E-state index contributed by atoms with van der Waals surface area (Å²) in [6.45, 7) is 2.46. The van der Waals surface area contributed by atoms with Crippen molar-refractivity contribution >= 4 is 22.6 Å². The highest BCUT2D eigenvalue weighted by molar-refractivity contribution is 6.31. The number of benzene rings is 1. The fourth-order valence-corrected chi connectivity index (χ4v) is 2.21. The summed E-state index contributed by atoms with van der Waals surface area (Å²) in [5.74, 6) is 0.757. The van der Waals surface area contributed by atoms with Crippen molar-refractivity contribution in [3.05, 3.63) is 53.0 Å². The van der Waals surface area contributed by atoms with Crippen LogP contribution in [-0.2, 0) is 6.54 Å². The minimum Gasteiger partial charge on any atom is -0.459 e. The van der Waals surface area contributed by atoms with Gasteiger partial charge in [-0.3, -0.25) is 4.68 Å². The second-order valence-electron chi connectivity index (χ2n) is 4.55. The standard InChI is InChI=1S/C14H14ClN3O/c1-9-11(15)7-17-18(9)8-12(16)14-6-10-4-2-3-5-13(10)19-14/h2-7,12H,8,16H2,1H3. The summed E-state index contributed by atoms with van der Waals surface area (Å²) < 4.78 is 7.54. The maximum absolute atomic E-state index is 6.17. The highest BCUT2D eigenvalue weighted by atomic mass is 35.5. The van der Waals surface area contributed by atoms with Gasteiger partial charge in [-0.05, 0) is 19.1 Å². The van der Waals surface area contributed by atoms with Crippen LogP contribution in [0, 0.1) is 6.92 Å². The van der Waals surface area contributed by atoms with Crippen LogP contribution in [0.4, 0.5) is 0 Å². The van der Waals surface area contributed by atoms with Crippen molar-refractivity contribution in [3.63, 3.8) is 0 Å². The Hall–Kier alpha value is -1.78. The van der Waals surface area contributed by atoms with Crippen molar-refractivity contribution in [2.45, 2.75) is 19.5 Å². The van der Waals surface area contributed by atoms with E-state index in [-0.39, 0.29) is 6.04 Å². The monoisotopic (exact) mass is 275 g/mol. The summed E-state index contributed by atoms with van der Waals surface area (Å²) in [6, 6.07) is 9.58. The molecule has 0 bridgehead atoms. The predicted octanol–water partition coefficient (Wildman–Crippen LogP) is 3.29. The van der Waals surface area contributed by atoms with Gasteiger partial charge in [0.15, 0.2) is 0 Å². The quantitative estimate of drug-likeness (QED) is 0.798. The lowest BCUT2D eigenvalue weighted by atomic mass is 10.2. The van der Waals surface area contributed by atoms with E-state index < -0.39 is 0 Å². The van der Waals surface area contributed by atoms with Gasteiger partial charge in [0.2, 0.25) is 0 Å². The van der Waals surface area contributed by atoms with E-state index in [9.17, 15) is 0 Å². The van der Waals surface area contributed by atoms with Crippen LogP contribution in [0.3, 0.4) is 0 Å². The molecule has 3 rings (SSSR count). The normalized spacial score (nSPS) is 13.0. The lowest BCUT2D eigenvalue weighted by Crippen LogP contribution is -2.18. The number of nitrogens with two attached hydrogens (primary N) is 1. The van der Waals surface area contributed by atoms with E-state index in [4.69, 9.17) is 21.8 Å². The zero-order chi connectivity index (χ0) is 13.4. The Morgan fingerprint density at radius 3 is 2.89 bits per heavy atom. The molecule has 0 spiro atoms. The molecule has 0 aliphatic carbocycles. The molecule has 2 heterocycles. The molecule has 2 aromatic heterocycles. The molecule has 0 fully saturated rings. The predicted molar refractivity (Wildman–Crippen MR) is 75.1 cm³/mol. The van der Waals surface area contributed by atoms with Crippen LogP contribution >= 0.6 is 11.6 Å². The van der Waals surface area contributed by atoms with Crippen molar-refractivity contribution < 1.29 is 4.42 Å². The molecule has 2 N–H and O–H groups in total. The topological polar surface area (TPSA) is 57.0 Å². The van der Waals surface area contributed by atoms with Gasteiger partial charge in [-0.25, -0.2) is 0 Å². The maximum Gasteiger partial charge on any atom is 0.134 e. The van der Waals surface area contributed by atoms with Crippen molar-refractivity contribution in [3.8, 4) is 0 Å². The molecule has 98 valence electrons. The minimum atomic E-state index is -0.248. The molecule has 19 heavy (non-hydrogen) atoms. The number of nitrogens with zero attached hydrogens (tertiary/aromatic N) is 2. The fourth-order valence-electron chi connectivity index (χ4n) is 2.07. The molecule has 4 nitrogen and oxygen atoms in total. The van der Waals surface area contributed by atoms with Gasteiger partial charge in [-0.15, -0.1) is 0 Å². The van der Waals surface area contributed by atoms with Crippen LogP contribution in [0.25, 0.3) is 11.0 Å². The Morgan fingerprint density at radius 2 is 2.21 bits per heavy atom. The molecule has 1 atom stereocenters. The van der Waals surface area contributed by atoms with Gasteiger partial charge in [0, 0.05) is 5.39 Å². The number of aromatic nitrogens is 2. The average Bonchev–Trinajstić information content (AvgIpc) is 2.97. The summed E-state index contributed by atoms with van der Waals surface area (Å²) in [5.41, 5.74) is 7.93. The third-order valence-electron chi connectivity index (χ3n) is 3.22. The number of furan rings is 1. The van der Waals surface area contributed by atoms with Gasteiger partial charge >= 0.3 is 0 Å². The molecule has 0 amide bonds. The van der Waals surface area contributed by atoms with Crippen molar-refractivity contribution in [1.29, 1.82) is 0 Å². The van der Waals surface area contributed by atoms with E-state index in [0.717, 1.165) is 22.4 Å². The first-order valence-electron chi connectivity index (χ1n) is 6.07. The van der Waals surface area contributed by atoms with Gasteiger partial charge in [0.25, 0.3) is 0 Å². The molecular weight excluding hydrogens is 262 g/mol. The second-order valence-corrected chi connectivity index (χ2v) is 4.96. The third kappa shape index (κ3) is 2.25. The lowest BCUT2D eigenvalue weighted by Gasteiger charge is -2.10. The van der Waals surface area contributed by atoms with Gasteiger partial charge in [0.1, 0.15) is 11.3 Å². The number of halogens is 1. The summed E-state index contributed by atoms with van der Waals surface area (Å²) in [7, 11) is 0. The number of fused-ring (bicyclic) bond motifs is 1. The first-order valence-corrected chi connectivity index (χ1v) is 6.45. The number of para-hydroxylation sites is 1. The Balaban J connectivity index is 1.87. The van der Waals surface area contributed by atoms with Gasteiger partial charge < -0.3 is 10.2 Å². The van der Waals surface area contributed by atoms with E-state index in [1.807, 2.05) is 37.3 Å². The summed E-state index contributed by atoms with van der Waals surface area (Å²) >= 11 is 5.98.